The number of halogens is 1. The standard InChI is InChI=1S/C13H16BrN5/c1-8(2)12-18-9(3)11(14)13(19-12)16-6-10-4-5-15-7-17-10/h4-5,7-8H,6H2,1-3H3,(H,16,18,19). The van der Waals surface area contributed by atoms with E-state index in [4.69, 9.17) is 0 Å². The summed E-state index contributed by atoms with van der Waals surface area (Å²) in [5.41, 5.74) is 1.85. The number of nitrogens with one attached hydrogen (secondary N) is 1. The largest absolute Gasteiger partial charge is 0.363 e. The average molecular weight is 322 g/mol. The van der Waals surface area contributed by atoms with Crippen molar-refractivity contribution < 1.29 is 0 Å². The van der Waals surface area contributed by atoms with E-state index in [9.17, 15) is 0 Å². The van der Waals surface area contributed by atoms with Crippen LogP contribution >= 0.6 is 15.9 Å². The molecule has 0 atom stereocenters. The van der Waals surface area contributed by atoms with Gasteiger partial charge >= 0.3 is 0 Å². The molecule has 2 rings (SSSR count). The summed E-state index contributed by atoms with van der Waals surface area (Å²) in [6.07, 6.45) is 3.26. The van der Waals surface area contributed by atoms with Crippen LogP contribution in [0.5, 0.6) is 0 Å². The SMILES string of the molecule is Cc1nc(C(C)C)nc(NCc2ccncn2)c1Br. The van der Waals surface area contributed by atoms with E-state index in [1.807, 2.05) is 13.0 Å². The van der Waals surface area contributed by atoms with E-state index in [0.717, 1.165) is 27.5 Å². The molecule has 0 bridgehead atoms. The number of anilines is 1. The topological polar surface area (TPSA) is 63.6 Å². The van der Waals surface area contributed by atoms with Crippen molar-refractivity contribution in [2.45, 2.75) is 33.2 Å². The Kier molecular flexibility index (Phi) is 4.42. The third-order valence-corrected chi connectivity index (χ3v) is 3.58. The van der Waals surface area contributed by atoms with Crippen LogP contribution in [0.15, 0.2) is 23.1 Å². The molecule has 6 heteroatoms. The number of aryl methyl sites for hydroxylation is 1. The molecule has 0 aliphatic heterocycles. The van der Waals surface area contributed by atoms with Crippen molar-refractivity contribution in [2.75, 3.05) is 5.32 Å². The predicted molar refractivity (Wildman–Crippen MR) is 77.9 cm³/mol. The van der Waals surface area contributed by atoms with Gasteiger partial charge in [0.05, 0.1) is 22.4 Å². The van der Waals surface area contributed by atoms with E-state index >= 15 is 0 Å². The van der Waals surface area contributed by atoms with Gasteiger partial charge in [-0.2, -0.15) is 0 Å². The Labute approximate surface area is 121 Å². The second kappa shape index (κ2) is 6.06. The fraction of sp³-hybridized carbons (Fsp3) is 0.385. The molecule has 0 unspecified atom stereocenters. The molecule has 5 nitrogen and oxygen atoms in total. The first-order chi connectivity index (χ1) is 9.08. The van der Waals surface area contributed by atoms with Crippen molar-refractivity contribution in [3.8, 4) is 0 Å². The second-order valence-electron chi connectivity index (χ2n) is 4.54. The number of rotatable bonds is 4. The first-order valence-corrected chi connectivity index (χ1v) is 6.90. The average Bonchev–Trinajstić information content (AvgIpc) is 2.41. The van der Waals surface area contributed by atoms with Crippen LogP contribution < -0.4 is 5.32 Å². The van der Waals surface area contributed by atoms with Crippen LogP contribution in [0.4, 0.5) is 5.82 Å². The zero-order chi connectivity index (χ0) is 13.8. The molecule has 2 aromatic rings. The predicted octanol–water partition coefficient (Wildman–Crippen LogP) is 3.07. The van der Waals surface area contributed by atoms with Crippen molar-refractivity contribution in [3.05, 3.63) is 40.3 Å². The number of nitrogens with zero attached hydrogens (tertiary/aromatic N) is 4. The molecule has 2 heterocycles. The van der Waals surface area contributed by atoms with Crippen molar-refractivity contribution in [1.29, 1.82) is 0 Å². The Bertz CT molecular complexity index is 556. The Morgan fingerprint density at radius 3 is 2.74 bits per heavy atom. The summed E-state index contributed by atoms with van der Waals surface area (Å²) in [7, 11) is 0. The third-order valence-electron chi connectivity index (χ3n) is 2.63. The van der Waals surface area contributed by atoms with Crippen LogP contribution in [0.1, 0.15) is 37.0 Å². The van der Waals surface area contributed by atoms with Gasteiger partial charge < -0.3 is 5.32 Å². The van der Waals surface area contributed by atoms with Crippen molar-refractivity contribution >= 4 is 21.7 Å². The molecule has 2 aromatic heterocycles. The van der Waals surface area contributed by atoms with Crippen LogP contribution in [0, 0.1) is 6.92 Å². The fourth-order valence-corrected chi connectivity index (χ4v) is 1.87. The second-order valence-corrected chi connectivity index (χ2v) is 5.33. The summed E-state index contributed by atoms with van der Waals surface area (Å²) in [6, 6.07) is 1.87. The molecule has 19 heavy (non-hydrogen) atoms. The molecule has 0 amide bonds. The van der Waals surface area contributed by atoms with Gasteiger partial charge in [0, 0.05) is 12.1 Å². The van der Waals surface area contributed by atoms with Gasteiger partial charge in [-0.05, 0) is 28.9 Å². The van der Waals surface area contributed by atoms with Gasteiger partial charge in [0.15, 0.2) is 0 Å². The smallest absolute Gasteiger partial charge is 0.144 e. The van der Waals surface area contributed by atoms with Gasteiger partial charge in [-0.3, -0.25) is 0 Å². The molecule has 1 N–H and O–H groups in total. The van der Waals surface area contributed by atoms with Crippen molar-refractivity contribution in [3.63, 3.8) is 0 Å². The lowest BCUT2D eigenvalue weighted by molar-refractivity contribution is 0.763. The summed E-state index contributed by atoms with van der Waals surface area (Å²) < 4.78 is 0.894. The van der Waals surface area contributed by atoms with Gasteiger partial charge in [-0.25, -0.2) is 19.9 Å². The molecule has 0 radical (unpaired) electrons. The minimum Gasteiger partial charge on any atom is -0.363 e. The lowest BCUT2D eigenvalue weighted by Crippen LogP contribution is -2.08. The molecule has 0 aliphatic rings. The summed E-state index contributed by atoms with van der Waals surface area (Å²) >= 11 is 3.52. The normalized spacial score (nSPS) is 10.8. The van der Waals surface area contributed by atoms with Crippen LogP contribution in [-0.2, 0) is 6.54 Å². The maximum atomic E-state index is 4.54. The van der Waals surface area contributed by atoms with E-state index in [-0.39, 0.29) is 0 Å². The van der Waals surface area contributed by atoms with Crippen LogP contribution in [0.25, 0.3) is 0 Å². The number of hydrogen-bond donors (Lipinski definition) is 1. The highest BCUT2D eigenvalue weighted by Crippen LogP contribution is 2.25. The molecular weight excluding hydrogens is 306 g/mol. The molecule has 0 aromatic carbocycles. The lowest BCUT2D eigenvalue weighted by Gasteiger charge is -2.12. The summed E-state index contributed by atoms with van der Waals surface area (Å²) in [4.78, 5) is 17.1. The van der Waals surface area contributed by atoms with Gasteiger partial charge in [0.25, 0.3) is 0 Å². The molecule has 0 spiro atoms. The quantitative estimate of drug-likeness (QED) is 0.937. The third kappa shape index (κ3) is 3.47. The first-order valence-electron chi connectivity index (χ1n) is 6.10. The van der Waals surface area contributed by atoms with Gasteiger partial charge in [-0.15, -0.1) is 0 Å². The molecule has 0 aliphatic carbocycles. The van der Waals surface area contributed by atoms with E-state index in [0.29, 0.717) is 12.5 Å². The molecule has 0 saturated heterocycles. The van der Waals surface area contributed by atoms with Gasteiger partial charge in [0.1, 0.15) is 18.0 Å². The highest BCUT2D eigenvalue weighted by Gasteiger charge is 2.11. The molecular formula is C13H16BrN5. The summed E-state index contributed by atoms with van der Waals surface area (Å²) in [6.45, 7) is 6.73. The zero-order valence-electron chi connectivity index (χ0n) is 11.2. The Morgan fingerprint density at radius 2 is 2.11 bits per heavy atom. The first kappa shape index (κ1) is 13.9. The van der Waals surface area contributed by atoms with Gasteiger partial charge in [-0.1, -0.05) is 13.8 Å². The number of hydrogen-bond acceptors (Lipinski definition) is 5. The highest BCUT2D eigenvalue weighted by atomic mass is 79.9. The zero-order valence-corrected chi connectivity index (χ0v) is 12.8. The lowest BCUT2D eigenvalue weighted by atomic mass is 10.2. The summed E-state index contributed by atoms with van der Waals surface area (Å²) in [5.74, 6) is 1.94. The van der Waals surface area contributed by atoms with Crippen LogP contribution in [0.3, 0.4) is 0 Å². The summed E-state index contributed by atoms with van der Waals surface area (Å²) in [5, 5.41) is 3.28. The highest BCUT2D eigenvalue weighted by molar-refractivity contribution is 9.10. The Hall–Kier alpha value is -1.56. The van der Waals surface area contributed by atoms with Crippen LogP contribution in [-0.4, -0.2) is 19.9 Å². The Balaban J connectivity index is 2.20. The van der Waals surface area contributed by atoms with Gasteiger partial charge in [0.2, 0.25) is 0 Å². The maximum absolute atomic E-state index is 4.54. The van der Waals surface area contributed by atoms with Crippen molar-refractivity contribution in [1.82, 2.24) is 19.9 Å². The van der Waals surface area contributed by atoms with E-state index in [1.165, 1.54) is 6.33 Å². The van der Waals surface area contributed by atoms with E-state index in [1.54, 1.807) is 6.20 Å². The van der Waals surface area contributed by atoms with Crippen LogP contribution in [0.2, 0.25) is 0 Å². The number of aromatic nitrogens is 4. The fourth-order valence-electron chi connectivity index (χ4n) is 1.55. The minimum atomic E-state index is 0.298. The monoisotopic (exact) mass is 321 g/mol. The Morgan fingerprint density at radius 1 is 1.32 bits per heavy atom. The van der Waals surface area contributed by atoms with E-state index in [2.05, 4.69) is 55.0 Å². The molecule has 0 saturated carbocycles. The van der Waals surface area contributed by atoms with E-state index < -0.39 is 0 Å². The molecule has 100 valence electrons. The minimum absolute atomic E-state index is 0.298. The molecule has 0 fully saturated rings. The maximum Gasteiger partial charge on any atom is 0.144 e. The van der Waals surface area contributed by atoms with Crippen molar-refractivity contribution in [2.24, 2.45) is 0 Å².